The minimum Gasteiger partial charge on any atom is -0.476 e. The molecule has 1 rings (SSSR count). The van der Waals surface area contributed by atoms with Crippen LogP contribution in [-0.4, -0.2) is 19.7 Å². The van der Waals surface area contributed by atoms with Crippen LogP contribution in [0.4, 0.5) is 8.78 Å². The Morgan fingerprint density at radius 3 is 2.40 bits per heavy atom. The zero-order chi connectivity index (χ0) is 11.4. The van der Waals surface area contributed by atoms with Crippen LogP contribution in [0, 0.1) is 11.6 Å². The molecular weight excluding hydrogens is 274 g/mol. The molecular formula is C9H7BrF2O3. The number of rotatable bonds is 3. The van der Waals surface area contributed by atoms with E-state index >= 15 is 0 Å². The van der Waals surface area contributed by atoms with Crippen molar-refractivity contribution in [1.82, 2.24) is 0 Å². The summed E-state index contributed by atoms with van der Waals surface area (Å²) in [5.41, 5.74) is 0. The second-order valence-electron chi connectivity index (χ2n) is 2.56. The van der Waals surface area contributed by atoms with E-state index in [4.69, 9.17) is 0 Å². The smallest absolute Gasteiger partial charge is 0.343 e. The van der Waals surface area contributed by atoms with Crippen molar-refractivity contribution in [3.63, 3.8) is 0 Å². The molecule has 0 radical (unpaired) electrons. The third-order valence-corrected chi connectivity index (χ3v) is 1.98. The Balaban J connectivity index is 2.81. The SMILES string of the molecule is COC(=O)COc1c(F)cc(Br)cc1F. The summed E-state index contributed by atoms with van der Waals surface area (Å²) in [6.07, 6.45) is 0. The van der Waals surface area contributed by atoms with Crippen molar-refractivity contribution in [3.05, 3.63) is 28.2 Å². The van der Waals surface area contributed by atoms with Gasteiger partial charge in [-0.2, -0.15) is 0 Å². The van der Waals surface area contributed by atoms with Gasteiger partial charge in [0.15, 0.2) is 24.0 Å². The van der Waals surface area contributed by atoms with Gasteiger partial charge >= 0.3 is 5.97 Å². The molecule has 0 fully saturated rings. The minimum atomic E-state index is -0.884. The standard InChI is InChI=1S/C9H7BrF2O3/c1-14-8(13)4-15-9-6(11)2-5(10)3-7(9)12/h2-3H,4H2,1H3. The fourth-order valence-corrected chi connectivity index (χ4v) is 1.26. The summed E-state index contributed by atoms with van der Waals surface area (Å²) in [6, 6.07) is 2.07. The molecule has 0 bridgehead atoms. The molecule has 6 heteroatoms. The number of hydrogen-bond donors (Lipinski definition) is 0. The fourth-order valence-electron chi connectivity index (χ4n) is 0.857. The van der Waals surface area contributed by atoms with E-state index in [1.54, 1.807) is 0 Å². The summed E-state index contributed by atoms with van der Waals surface area (Å²) in [4.78, 5) is 10.7. The lowest BCUT2D eigenvalue weighted by Gasteiger charge is -2.07. The molecule has 0 unspecified atom stereocenters. The molecule has 3 nitrogen and oxygen atoms in total. The Kier molecular flexibility index (Phi) is 4.02. The van der Waals surface area contributed by atoms with Gasteiger partial charge in [-0.05, 0) is 12.1 Å². The predicted octanol–water partition coefficient (Wildman–Crippen LogP) is 2.28. The molecule has 0 N–H and O–H groups in total. The maximum absolute atomic E-state index is 13.1. The van der Waals surface area contributed by atoms with Crippen LogP contribution in [0.25, 0.3) is 0 Å². The Morgan fingerprint density at radius 2 is 1.93 bits per heavy atom. The molecule has 0 aliphatic carbocycles. The van der Waals surface area contributed by atoms with Crippen LogP contribution in [0.5, 0.6) is 5.75 Å². The zero-order valence-electron chi connectivity index (χ0n) is 7.72. The van der Waals surface area contributed by atoms with Gasteiger partial charge < -0.3 is 9.47 Å². The first-order valence-electron chi connectivity index (χ1n) is 3.88. The summed E-state index contributed by atoms with van der Waals surface area (Å²) >= 11 is 2.91. The number of halogens is 3. The van der Waals surface area contributed by atoms with Gasteiger partial charge in [-0.15, -0.1) is 0 Å². The summed E-state index contributed by atoms with van der Waals surface area (Å²) in [5, 5.41) is 0. The second-order valence-corrected chi connectivity index (χ2v) is 3.48. The Morgan fingerprint density at radius 1 is 1.40 bits per heavy atom. The van der Waals surface area contributed by atoms with E-state index in [9.17, 15) is 13.6 Å². The molecule has 0 aliphatic heterocycles. The number of carbonyl (C=O) groups excluding carboxylic acids is 1. The molecule has 0 saturated heterocycles. The Labute approximate surface area is 93.1 Å². The average Bonchev–Trinajstić information content (AvgIpc) is 2.15. The summed E-state index contributed by atoms with van der Waals surface area (Å²) in [5.74, 6) is -3.07. The van der Waals surface area contributed by atoms with E-state index in [0.717, 1.165) is 19.2 Å². The second kappa shape index (κ2) is 5.06. The normalized spacial score (nSPS) is 9.87. The van der Waals surface area contributed by atoms with Gasteiger partial charge in [-0.1, -0.05) is 15.9 Å². The van der Waals surface area contributed by atoms with E-state index in [-0.39, 0.29) is 4.47 Å². The van der Waals surface area contributed by atoms with Crippen LogP contribution in [0.1, 0.15) is 0 Å². The number of esters is 1. The topological polar surface area (TPSA) is 35.5 Å². The lowest BCUT2D eigenvalue weighted by molar-refractivity contribution is -0.143. The number of ether oxygens (including phenoxy) is 2. The van der Waals surface area contributed by atoms with Crippen LogP contribution in [0.3, 0.4) is 0 Å². The van der Waals surface area contributed by atoms with Crippen LogP contribution >= 0.6 is 15.9 Å². The zero-order valence-corrected chi connectivity index (χ0v) is 9.31. The fraction of sp³-hybridized carbons (Fsp3) is 0.222. The van der Waals surface area contributed by atoms with Crippen LogP contribution in [0.15, 0.2) is 16.6 Å². The van der Waals surface area contributed by atoms with Crippen molar-refractivity contribution >= 4 is 21.9 Å². The predicted molar refractivity (Wildman–Crippen MR) is 51.6 cm³/mol. The van der Waals surface area contributed by atoms with E-state index in [0.29, 0.717) is 0 Å². The van der Waals surface area contributed by atoms with Crippen LogP contribution in [-0.2, 0) is 9.53 Å². The summed E-state index contributed by atoms with van der Waals surface area (Å²) in [7, 11) is 1.15. The average molecular weight is 281 g/mol. The van der Waals surface area contributed by atoms with E-state index < -0.39 is 30.0 Å². The molecule has 1 aromatic rings. The van der Waals surface area contributed by atoms with E-state index in [2.05, 4.69) is 25.4 Å². The van der Waals surface area contributed by atoms with Crippen molar-refractivity contribution in [3.8, 4) is 5.75 Å². The third-order valence-electron chi connectivity index (χ3n) is 1.53. The third kappa shape index (κ3) is 3.16. The monoisotopic (exact) mass is 280 g/mol. The number of carbonyl (C=O) groups is 1. The van der Waals surface area contributed by atoms with Gasteiger partial charge in [-0.25, -0.2) is 13.6 Å². The number of hydrogen-bond acceptors (Lipinski definition) is 3. The van der Waals surface area contributed by atoms with Crippen molar-refractivity contribution < 1.29 is 23.0 Å². The van der Waals surface area contributed by atoms with E-state index in [1.165, 1.54) is 0 Å². The van der Waals surface area contributed by atoms with Crippen molar-refractivity contribution in [1.29, 1.82) is 0 Å². The minimum absolute atomic E-state index is 0.253. The highest BCUT2D eigenvalue weighted by Crippen LogP contribution is 2.25. The maximum Gasteiger partial charge on any atom is 0.343 e. The first-order chi connectivity index (χ1) is 7.04. The van der Waals surface area contributed by atoms with Crippen LogP contribution in [0.2, 0.25) is 0 Å². The molecule has 0 amide bonds. The Bertz CT molecular complexity index is 359. The van der Waals surface area contributed by atoms with Crippen molar-refractivity contribution in [2.45, 2.75) is 0 Å². The lowest BCUT2D eigenvalue weighted by Crippen LogP contribution is -2.13. The number of methoxy groups -OCH3 is 1. The van der Waals surface area contributed by atoms with Crippen molar-refractivity contribution in [2.75, 3.05) is 13.7 Å². The molecule has 82 valence electrons. The molecule has 0 saturated carbocycles. The molecule has 15 heavy (non-hydrogen) atoms. The maximum atomic E-state index is 13.1. The van der Waals surface area contributed by atoms with Gasteiger partial charge in [0.2, 0.25) is 0 Å². The molecule has 0 spiro atoms. The highest BCUT2D eigenvalue weighted by atomic mass is 79.9. The quantitative estimate of drug-likeness (QED) is 0.797. The Hall–Kier alpha value is -1.17. The van der Waals surface area contributed by atoms with Gasteiger partial charge in [0.05, 0.1) is 7.11 Å². The molecule has 0 aliphatic rings. The van der Waals surface area contributed by atoms with Crippen molar-refractivity contribution in [2.24, 2.45) is 0 Å². The van der Waals surface area contributed by atoms with Gasteiger partial charge in [0.25, 0.3) is 0 Å². The molecule has 0 atom stereocenters. The van der Waals surface area contributed by atoms with Gasteiger partial charge in [-0.3, -0.25) is 0 Å². The molecule has 1 aromatic carbocycles. The molecule has 0 heterocycles. The number of benzene rings is 1. The molecule has 0 aromatic heterocycles. The van der Waals surface area contributed by atoms with Gasteiger partial charge in [0.1, 0.15) is 0 Å². The van der Waals surface area contributed by atoms with E-state index in [1.807, 2.05) is 0 Å². The van der Waals surface area contributed by atoms with Gasteiger partial charge in [0, 0.05) is 4.47 Å². The largest absolute Gasteiger partial charge is 0.476 e. The highest BCUT2D eigenvalue weighted by molar-refractivity contribution is 9.10. The first-order valence-corrected chi connectivity index (χ1v) is 4.68. The summed E-state index contributed by atoms with van der Waals surface area (Å²) < 4.78 is 35.4. The first kappa shape index (κ1) is 11.9. The summed E-state index contributed by atoms with van der Waals surface area (Å²) in [6.45, 7) is -0.536. The lowest BCUT2D eigenvalue weighted by atomic mass is 10.3. The highest BCUT2D eigenvalue weighted by Gasteiger charge is 2.13. The van der Waals surface area contributed by atoms with Crippen LogP contribution < -0.4 is 4.74 Å².